The number of rotatable bonds is 0. The van der Waals surface area contributed by atoms with Crippen LogP contribution in [0.4, 0.5) is 4.79 Å². The van der Waals surface area contributed by atoms with Crippen LogP contribution < -0.4 is 5.73 Å². The van der Waals surface area contributed by atoms with Gasteiger partial charge in [0.25, 0.3) is 0 Å². The van der Waals surface area contributed by atoms with E-state index in [0.717, 1.165) is 0 Å². The maximum absolute atomic E-state index is 9.22. The number of hydrogen-bond acceptors (Lipinski definition) is 1. The minimum absolute atomic E-state index is 0.333. The fourth-order valence-corrected chi connectivity index (χ4v) is 0. The van der Waals surface area contributed by atoms with Crippen LogP contribution in [0.1, 0.15) is 0 Å². The Kier molecular flexibility index (Phi) is 1.42. The summed E-state index contributed by atoms with van der Waals surface area (Å²) in [4.78, 5) is 9.22. The molecule has 0 aromatic carbocycles. The van der Waals surface area contributed by atoms with Gasteiger partial charge in [0.05, 0.1) is 0 Å². The predicted octanol–water partition coefficient (Wildman–Crippen LogP) is -0.766. The van der Waals surface area contributed by atoms with Crippen LogP contribution in [-0.2, 0) is 0 Å². The summed E-state index contributed by atoms with van der Waals surface area (Å²) in [6.07, 6.45) is 0. The zero-order valence-corrected chi connectivity index (χ0v) is 2.49. The van der Waals surface area contributed by atoms with Gasteiger partial charge in [-0.2, -0.15) is 0 Å². The second-order valence-electron chi connectivity index (χ2n) is 0.611. The summed E-state index contributed by atoms with van der Waals surface area (Å²) in [5.74, 6) is 0. The molecule has 0 radical (unpaired) electrons. The predicted molar refractivity (Wildman–Crippen MR) is 15.3 cm³/mol. The summed E-state index contributed by atoms with van der Waals surface area (Å²) < 4.78 is -0.333. The van der Waals surface area contributed by atoms with Crippen LogP contribution in [-0.4, -0.2) is 22.3 Å². The van der Waals surface area contributed by atoms with Crippen molar-refractivity contribution in [2.75, 3.05) is 0 Å². The van der Waals surface area contributed by atoms with E-state index in [1.165, 1.54) is 17.7 Å². The van der Waals surface area contributed by atoms with Gasteiger partial charge in [-0.15, -0.1) is 0 Å². The average Bonchev–Trinajstić information content (AvgIpc) is 0.811. The molecule has 18 valence electrons. The molecule has 0 aromatic heterocycles. The standard InChI is InChI=1S/CH2NO.Li/c2-1-3;/h(H2,2,3);. The first-order valence-electron chi connectivity index (χ1n) is 0.993. The quantitative estimate of drug-likeness (QED) is 0.361. The fraction of sp³-hybridized carbons (Fsp3) is 0. The van der Waals surface area contributed by atoms with Crippen LogP contribution in [0.2, 0.25) is 0 Å². The molecule has 0 aliphatic rings. The molecule has 0 aliphatic carbocycles. The van der Waals surface area contributed by atoms with Crippen molar-refractivity contribution >= 4 is 22.3 Å². The van der Waals surface area contributed by atoms with Crippen molar-refractivity contribution in [2.45, 2.75) is 0 Å². The first-order valence-corrected chi connectivity index (χ1v) is 0.993. The summed E-state index contributed by atoms with van der Waals surface area (Å²) in [7, 11) is 0. The van der Waals surface area contributed by atoms with Gasteiger partial charge in [-0.05, 0) is 0 Å². The van der Waals surface area contributed by atoms with E-state index >= 15 is 0 Å². The molecule has 3 heteroatoms. The molecule has 0 spiro atoms. The van der Waals surface area contributed by atoms with Crippen molar-refractivity contribution in [3.05, 3.63) is 0 Å². The Labute approximate surface area is 33.6 Å². The van der Waals surface area contributed by atoms with E-state index in [-0.39, 0.29) is 4.58 Å². The van der Waals surface area contributed by atoms with Crippen molar-refractivity contribution in [2.24, 2.45) is 5.73 Å². The summed E-state index contributed by atoms with van der Waals surface area (Å²) >= 11 is 1.31. The summed E-state index contributed by atoms with van der Waals surface area (Å²) in [5.41, 5.74) is 4.47. The third-order valence-corrected chi connectivity index (χ3v) is 0. The Hall–Kier alpha value is 0.0674. The second-order valence-corrected chi connectivity index (χ2v) is 0.611. The van der Waals surface area contributed by atoms with Crippen molar-refractivity contribution in [1.29, 1.82) is 0 Å². The van der Waals surface area contributed by atoms with Gasteiger partial charge in [-0.1, -0.05) is 0 Å². The zero-order chi connectivity index (χ0) is 3.58. The number of primary amides is 1. The number of amides is 1. The van der Waals surface area contributed by atoms with Crippen molar-refractivity contribution in [3.8, 4) is 0 Å². The molecule has 0 aliphatic heterocycles. The Balaban J connectivity index is 2.80. The Bertz CT molecular complexity index is 31.0. The van der Waals surface area contributed by atoms with Crippen molar-refractivity contribution < 1.29 is 4.79 Å². The van der Waals surface area contributed by atoms with Gasteiger partial charge in [0.2, 0.25) is 0 Å². The molecule has 0 unspecified atom stereocenters. The summed E-state index contributed by atoms with van der Waals surface area (Å²) in [6, 6.07) is 0. The van der Waals surface area contributed by atoms with E-state index in [1.807, 2.05) is 0 Å². The van der Waals surface area contributed by atoms with Crippen LogP contribution >= 0.6 is 0 Å². The molecule has 0 atom stereocenters. The first kappa shape index (κ1) is 4.07. The van der Waals surface area contributed by atoms with Crippen molar-refractivity contribution in [1.82, 2.24) is 0 Å². The topological polar surface area (TPSA) is 43.1 Å². The van der Waals surface area contributed by atoms with Gasteiger partial charge in [-0.3, -0.25) is 0 Å². The molecular weight excluding hydrogens is 49.0 g/mol. The Morgan fingerprint density at radius 1 is 2.00 bits per heavy atom. The Morgan fingerprint density at radius 3 is 2.00 bits per heavy atom. The normalized spacial score (nSPS) is 6.50. The van der Waals surface area contributed by atoms with Gasteiger partial charge < -0.3 is 0 Å². The summed E-state index contributed by atoms with van der Waals surface area (Å²) in [6.45, 7) is 0. The maximum atomic E-state index is 9.22. The number of carbonyl (C=O) groups is 1. The molecule has 2 N–H and O–H groups in total. The molecule has 1 amide bonds. The minimum atomic E-state index is -0.333. The van der Waals surface area contributed by atoms with E-state index in [2.05, 4.69) is 5.73 Å². The number of nitrogens with two attached hydrogens (primary N) is 1. The van der Waals surface area contributed by atoms with E-state index in [9.17, 15) is 4.79 Å². The van der Waals surface area contributed by atoms with Crippen LogP contribution in [0.3, 0.4) is 0 Å². The molecular formula is CH2LiNO. The number of carbonyl (C=O) groups excluding carboxylic acids is 1. The van der Waals surface area contributed by atoms with Gasteiger partial charge in [-0.25, -0.2) is 0 Å². The third kappa shape index (κ3) is 518. The van der Waals surface area contributed by atoms with Gasteiger partial charge in [0.1, 0.15) is 0 Å². The first-order chi connectivity index (χ1) is 1.73. The fourth-order valence-electron chi connectivity index (χ4n) is 0. The van der Waals surface area contributed by atoms with Crippen LogP contribution in [0.5, 0.6) is 0 Å². The van der Waals surface area contributed by atoms with Crippen LogP contribution in [0.15, 0.2) is 0 Å². The average molecular weight is 51.0 g/mol. The van der Waals surface area contributed by atoms with Gasteiger partial charge in [0, 0.05) is 0 Å². The Morgan fingerprint density at radius 2 is 2.00 bits per heavy atom. The summed E-state index contributed by atoms with van der Waals surface area (Å²) in [5, 5.41) is 0. The van der Waals surface area contributed by atoms with Crippen LogP contribution in [0, 0.1) is 0 Å². The molecule has 2 nitrogen and oxygen atoms in total. The second kappa shape index (κ2) is 1.39. The van der Waals surface area contributed by atoms with Gasteiger partial charge in [0.15, 0.2) is 0 Å². The molecule has 0 fully saturated rings. The molecule has 0 rings (SSSR count). The van der Waals surface area contributed by atoms with E-state index in [1.54, 1.807) is 0 Å². The molecule has 0 aromatic rings. The molecule has 4 heavy (non-hydrogen) atoms. The molecule has 0 saturated heterocycles. The molecule has 0 heterocycles. The SMILES string of the molecule is [Li][C](N)=O. The van der Waals surface area contributed by atoms with E-state index in [0.29, 0.717) is 0 Å². The number of hydrogen-bond donors (Lipinski definition) is 1. The van der Waals surface area contributed by atoms with E-state index < -0.39 is 0 Å². The monoisotopic (exact) mass is 51.0 g/mol. The van der Waals surface area contributed by atoms with Gasteiger partial charge >= 0.3 is 32.8 Å². The zero-order valence-electron chi connectivity index (χ0n) is 2.49. The van der Waals surface area contributed by atoms with E-state index in [4.69, 9.17) is 0 Å². The molecule has 0 saturated carbocycles. The third-order valence-electron chi connectivity index (χ3n) is 0. The molecule has 0 bridgehead atoms. The van der Waals surface area contributed by atoms with Crippen LogP contribution in [0.25, 0.3) is 0 Å². The van der Waals surface area contributed by atoms with Crippen molar-refractivity contribution in [3.63, 3.8) is 0 Å².